The summed E-state index contributed by atoms with van der Waals surface area (Å²) in [6, 6.07) is 13.5. The second-order valence-corrected chi connectivity index (χ2v) is 5.43. The molecule has 0 aliphatic heterocycles. The van der Waals surface area contributed by atoms with Crippen LogP contribution in [0.2, 0.25) is 0 Å². The molecule has 0 aliphatic rings. The van der Waals surface area contributed by atoms with Crippen LogP contribution in [0, 0.1) is 6.92 Å². The van der Waals surface area contributed by atoms with Gasteiger partial charge >= 0.3 is 0 Å². The highest BCUT2D eigenvalue weighted by atomic mass is 32.1. The van der Waals surface area contributed by atoms with Gasteiger partial charge in [0, 0.05) is 10.3 Å². The van der Waals surface area contributed by atoms with E-state index in [0.29, 0.717) is 12.4 Å². The van der Waals surface area contributed by atoms with Gasteiger partial charge in [0.2, 0.25) is 0 Å². The van der Waals surface area contributed by atoms with Crippen LogP contribution in [0.5, 0.6) is 11.5 Å². The Labute approximate surface area is 115 Å². The Hall–Kier alpha value is -2.00. The Morgan fingerprint density at radius 2 is 2.00 bits per heavy atom. The highest BCUT2D eigenvalue weighted by Crippen LogP contribution is 2.30. The Morgan fingerprint density at radius 3 is 2.84 bits per heavy atom. The number of thiophene rings is 1. The number of benzene rings is 2. The van der Waals surface area contributed by atoms with Crippen molar-refractivity contribution in [3.63, 3.8) is 0 Å². The normalized spacial score (nSPS) is 10.8. The van der Waals surface area contributed by atoms with Crippen LogP contribution in [0.15, 0.2) is 47.8 Å². The SMILES string of the molecule is Cc1ccc2scc(COc3ccccc3O)c2c1. The zero-order valence-corrected chi connectivity index (χ0v) is 11.4. The number of para-hydroxylation sites is 2. The molecular formula is C16H14O2S. The van der Waals surface area contributed by atoms with Crippen molar-refractivity contribution in [2.45, 2.75) is 13.5 Å². The minimum Gasteiger partial charge on any atom is -0.504 e. The fourth-order valence-corrected chi connectivity index (χ4v) is 2.97. The van der Waals surface area contributed by atoms with Crippen molar-refractivity contribution in [1.82, 2.24) is 0 Å². The summed E-state index contributed by atoms with van der Waals surface area (Å²) in [6.45, 7) is 2.56. The van der Waals surface area contributed by atoms with Crippen LogP contribution < -0.4 is 4.74 Å². The Morgan fingerprint density at radius 1 is 1.16 bits per heavy atom. The summed E-state index contributed by atoms with van der Waals surface area (Å²) in [5, 5.41) is 13.0. The van der Waals surface area contributed by atoms with E-state index in [1.54, 1.807) is 29.5 Å². The maximum atomic E-state index is 9.67. The van der Waals surface area contributed by atoms with Crippen LogP contribution in [0.25, 0.3) is 10.1 Å². The van der Waals surface area contributed by atoms with Gasteiger partial charge in [0.1, 0.15) is 6.61 Å². The Bertz CT molecular complexity index is 716. The number of hydrogen-bond donors (Lipinski definition) is 1. The second-order valence-electron chi connectivity index (χ2n) is 4.52. The smallest absolute Gasteiger partial charge is 0.161 e. The predicted octanol–water partition coefficient (Wildman–Crippen LogP) is 4.49. The molecule has 0 fully saturated rings. The van der Waals surface area contributed by atoms with E-state index in [0.717, 1.165) is 5.56 Å². The quantitative estimate of drug-likeness (QED) is 0.759. The number of phenols is 1. The van der Waals surface area contributed by atoms with Gasteiger partial charge in [-0.3, -0.25) is 0 Å². The maximum absolute atomic E-state index is 9.67. The van der Waals surface area contributed by atoms with Crippen LogP contribution >= 0.6 is 11.3 Å². The summed E-state index contributed by atoms with van der Waals surface area (Å²) in [7, 11) is 0. The Balaban J connectivity index is 1.86. The van der Waals surface area contributed by atoms with Gasteiger partial charge in [0.15, 0.2) is 11.5 Å². The summed E-state index contributed by atoms with van der Waals surface area (Å²) >= 11 is 1.72. The molecule has 0 saturated carbocycles. The number of rotatable bonds is 3. The molecule has 2 nitrogen and oxygen atoms in total. The average Bonchev–Trinajstić information content (AvgIpc) is 2.80. The topological polar surface area (TPSA) is 29.5 Å². The van der Waals surface area contributed by atoms with Gasteiger partial charge in [0.25, 0.3) is 0 Å². The van der Waals surface area contributed by atoms with Gasteiger partial charge < -0.3 is 9.84 Å². The van der Waals surface area contributed by atoms with E-state index >= 15 is 0 Å². The van der Waals surface area contributed by atoms with Gasteiger partial charge in [-0.1, -0.05) is 29.8 Å². The number of fused-ring (bicyclic) bond motifs is 1. The van der Waals surface area contributed by atoms with Crippen molar-refractivity contribution in [1.29, 1.82) is 0 Å². The summed E-state index contributed by atoms with van der Waals surface area (Å²) in [5.41, 5.74) is 2.40. The lowest BCUT2D eigenvalue weighted by Gasteiger charge is -2.07. The largest absolute Gasteiger partial charge is 0.504 e. The minimum absolute atomic E-state index is 0.179. The van der Waals surface area contributed by atoms with E-state index in [4.69, 9.17) is 4.74 Å². The van der Waals surface area contributed by atoms with E-state index in [2.05, 4.69) is 30.5 Å². The van der Waals surface area contributed by atoms with Crippen molar-refractivity contribution in [3.8, 4) is 11.5 Å². The maximum Gasteiger partial charge on any atom is 0.161 e. The Kier molecular flexibility index (Phi) is 3.13. The molecule has 3 aromatic rings. The first-order valence-corrected chi connectivity index (χ1v) is 6.99. The third-order valence-corrected chi connectivity index (χ3v) is 4.07. The zero-order chi connectivity index (χ0) is 13.2. The van der Waals surface area contributed by atoms with E-state index in [9.17, 15) is 5.11 Å². The van der Waals surface area contributed by atoms with Gasteiger partial charge in [0.05, 0.1) is 0 Å². The zero-order valence-electron chi connectivity index (χ0n) is 10.6. The molecule has 3 rings (SSSR count). The van der Waals surface area contributed by atoms with Crippen molar-refractivity contribution in [2.24, 2.45) is 0 Å². The molecule has 1 aromatic heterocycles. The van der Waals surface area contributed by atoms with Gasteiger partial charge in [-0.2, -0.15) is 0 Å². The minimum atomic E-state index is 0.179. The molecule has 0 unspecified atom stereocenters. The van der Waals surface area contributed by atoms with Crippen LogP contribution in [0.4, 0.5) is 0 Å². The predicted molar refractivity (Wildman–Crippen MR) is 79.0 cm³/mol. The van der Waals surface area contributed by atoms with Gasteiger partial charge in [-0.15, -0.1) is 11.3 Å². The van der Waals surface area contributed by atoms with Gasteiger partial charge in [-0.25, -0.2) is 0 Å². The first-order valence-electron chi connectivity index (χ1n) is 6.11. The lowest BCUT2D eigenvalue weighted by Crippen LogP contribution is -1.94. The number of hydrogen-bond acceptors (Lipinski definition) is 3. The molecule has 1 heterocycles. The third kappa shape index (κ3) is 2.42. The third-order valence-electron chi connectivity index (χ3n) is 3.06. The fourth-order valence-electron chi connectivity index (χ4n) is 2.04. The van der Waals surface area contributed by atoms with E-state index in [-0.39, 0.29) is 5.75 Å². The molecule has 19 heavy (non-hydrogen) atoms. The van der Waals surface area contributed by atoms with Crippen molar-refractivity contribution in [3.05, 3.63) is 59.0 Å². The standard InChI is InChI=1S/C16H14O2S/c1-11-6-7-16-13(8-11)12(10-19-16)9-18-15-5-3-2-4-14(15)17/h2-8,10,17H,9H2,1H3. The first kappa shape index (κ1) is 12.1. The van der Waals surface area contributed by atoms with Crippen LogP contribution in [-0.4, -0.2) is 5.11 Å². The first-order chi connectivity index (χ1) is 9.24. The number of aryl methyl sites for hydroxylation is 1. The molecular weight excluding hydrogens is 256 g/mol. The molecule has 96 valence electrons. The number of ether oxygens (including phenoxy) is 1. The lowest BCUT2D eigenvalue weighted by atomic mass is 10.1. The molecule has 0 amide bonds. The molecule has 3 heteroatoms. The number of phenolic OH excluding ortho intramolecular Hbond substituents is 1. The van der Waals surface area contributed by atoms with E-state index < -0.39 is 0 Å². The summed E-state index contributed by atoms with van der Waals surface area (Å²) in [4.78, 5) is 0. The summed E-state index contributed by atoms with van der Waals surface area (Å²) in [6.07, 6.45) is 0. The van der Waals surface area contributed by atoms with Crippen molar-refractivity contribution >= 4 is 21.4 Å². The molecule has 0 saturated heterocycles. The van der Waals surface area contributed by atoms with Crippen LogP contribution in [0.3, 0.4) is 0 Å². The van der Waals surface area contributed by atoms with E-state index in [1.165, 1.54) is 15.6 Å². The van der Waals surface area contributed by atoms with Crippen LogP contribution in [0.1, 0.15) is 11.1 Å². The molecule has 2 aromatic carbocycles. The summed E-state index contributed by atoms with van der Waals surface area (Å²) < 4.78 is 6.95. The molecule has 0 spiro atoms. The summed E-state index contributed by atoms with van der Waals surface area (Å²) in [5.74, 6) is 0.702. The highest BCUT2D eigenvalue weighted by Gasteiger charge is 2.06. The average molecular weight is 270 g/mol. The molecule has 0 atom stereocenters. The van der Waals surface area contributed by atoms with Crippen molar-refractivity contribution in [2.75, 3.05) is 0 Å². The van der Waals surface area contributed by atoms with Gasteiger partial charge in [-0.05, 0) is 35.9 Å². The molecule has 0 aliphatic carbocycles. The molecule has 0 bridgehead atoms. The molecule has 1 N–H and O–H groups in total. The highest BCUT2D eigenvalue weighted by molar-refractivity contribution is 7.17. The second kappa shape index (κ2) is 4.94. The van der Waals surface area contributed by atoms with Crippen molar-refractivity contribution < 1.29 is 9.84 Å². The monoisotopic (exact) mass is 270 g/mol. The van der Waals surface area contributed by atoms with E-state index in [1.807, 2.05) is 6.07 Å². The fraction of sp³-hybridized carbons (Fsp3) is 0.125. The lowest BCUT2D eigenvalue weighted by molar-refractivity contribution is 0.290. The van der Waals surface area contributed by atoms with Crippen LogP contribution in [-0.2, 0) is 6.61 Å². The number of aromatic hydroxyl groups is 1. The molecule has 0 radical (unpaired) electrons.